The summed E-state index contributed by atoms with van der Waals surface area (Å²) in [5.74, 6) is -1.12. The van der Waals surface area contributed by atoms with Crippen LogP contribution in [0.15, 0.2) is 47.3 Å². The smallest absolute Gasteiger partial charge is 0.275 e. The number of hydrogen-bond acceptors (Lipinski definition) is 3. The average molecular weight is 374 g/mol. The zero-order valence-electron chi connectivity index (χ0n) is 14.1. The molecule has 1 N–H and O–H groups in total. The number of carbonyl (C=O) groups is 1. The molecule has 7 heteroatoms. The van der Waals surface area contributed by atoms with E-state index in [4.69, 9.17) is 11.6 Å². The molecule has 0 spiro atoms. The topological polar surface area (TPSA) is 64.0 Å². The highest BCUT2D eigenvalue weighted by Crippen LogP contribution is 2.15. The maximum atomic E-state index is 13.5. The Balaban J connectivity index is 1.85. The van der Waals surface area contributed by atoms with Gasteiger partial charge in [-0.2, -0.15) is 5.10 Å². The van der Waals surface area contributed by atoms with Gasteiger partial charge in [0.15, 0.2) is 5.69 Å². The molecule has 0 bridgehead atoms. The number of aryl methyl sites for hydroxylation is 1. The third kappa shape index (κ3) is 3.60. The molecule has 0 radical (unpaired) electrons. The van der Waals surface area contributed by atoms with Crippen molar-refractivity contribution in [3.63, 3.8) is 0 Å². The van der Waals surface area contributed by atoms with Crippen molar-refractivity contribution in [2.24, 2.45) is 0 Å². The van der Waals surface area contributed by atoms with E-state index in [1.807, 2.05) is 25.1 Å². The molecule has 1 aromatic heterocycles. The van der Waals surface area contributed by atoms with E-state index >= 15 is 0 Å². The van der Waals surface area contributed by atoms with Crippen LogP contribution in [0.5, 0.6) is 0 Å². The molecule has 0 aliphatic heterocycles. The van der Waals surface area contributed by atoms with E-state index < -0.39 is 17.2 Å². The number of carbonyl (C=O) groups excluding carboxylic acids is 1. The minimum Gasteiger partial charge on any atom is -0.350 e. The molecule has 3 aromatic rings. The van der Waals surface area contributed by atoms with E-state index in [-0.39, 0.29) is 11.1 Å². The summed E-state index contributed by atoms with van der Waals surface area (Å²) in [6, 6.07) is 11.2. The van der Waals surface area contributed by atoms with Gasteiger partial charge in [-0.25, -0.2) is 4.39 Å². The first-order chi connectivity index (χ1) is 12.5. The van der Waals surface area contributed by atoms with Gasteiger partial charge in [0.1, 0.15) is 5.82 Å². The molecule has 0 saturated heterocycles. The first-order valence-electron chi connectivity index (χ1n) is 8.23. The maximum Gasteiger partial charge on any atom is 0.275 e. The monoisotopic (exact) mass is 373 g/mol. The Kier molecular flexibility index (Phi) is 5.32. The van der Waals surface area contributed by atoms with E-state index in [0.717, 1.165) is 11.6 Å². The normalized spacial score (nSPS) is 10.9. The Morgan fingerprint density at radius 3 is 2.77 bits per heavy atom. The lowest BCUT2D eigenvalue weighted by Crippen LogP contribution is -2.33. The highest BCUT2D eigenvalue weighted by Gasteiger charge is 2.17. The van der Waals surface area contributed by atoms with Crippen LogP contribution >= 0.6 is 11.6 Å². The van der Waals surface area contributed by atoms with Crippen molar-refractivity contribution in [3.8, 4) is 0 Å². The maximum absolute atomic E-state index is 13.5. The summed E-state index contributed by atoms with van der Waals surface area (Å²) in [7, 11) is 0. The summed E-state index contributed by atoms with van der Waals surface area (Å²) >= 11 is 6.09. The molecule has 1 amide bonds. The van der Waals surface area contributed by atoms with Crippen molar-refractivity contribution < 1.29 is 9.18 Å². The molecule has 0 atom stereocenters. The van der Waals surface area contributed by atoms with Gasteiger partial charge in [-0.05, 0) is 43.2 Å². The van der Waals surface area contributed by atoms with Gasteiger partial charge in [0, 0.05) is 18.1 Å². The Morgan fingerprint density at radius 2 is 2.04 bits per heavy atom. The third-order valence-electron chi connectivity index (χ3n) is 4.07. The second kappa shape index (κ2) is 7.66. The van der Waals surface area contributed by atoms with Gasteiger partial charge in [0.05, 0.1) is 10.9 Å². The zero-order valence-corrected chi connectivity index (χ0v) is 14.9. The van der Waals surface area contributed by atoms with E-state index in [0.29, 0.717) is 30.0 Å². The Morgan fingerprint density at radius 1 is 1.27 bits per heavy atom. The number of amides is 1. The number of nitrogens with zero attached hydrogens (tertiary/aromatic N) is 2. The molecule has 134 valence electrons. The molecule has 0 aliphatic carbocycles. The lowest BCUT2D eigenvalue weighted by atomic mass is 10.1. The zero-order chi connectivity index (χ0) is 18.7. The molecule has 0 unspecified atom stereocenters. The first-order valence-corrected chi connectivity index (χ1v) is 8.61. The first kappa shape index (κ1) is 18.1. The average Bonchev–Trinajstić information content (AvgIpc) is 2.64. The van der Waals surface area contributed by atoms with Crippen molar-refractivity contribution in [1.82, 2.24) is 15.1 Å². The van der Waals surface area contributed by atoms with Gasteiger partial charge in [-0.1, -0.05) is 29.8 Å². The molecule has 0 aliphatic rings. The number of halogens is 2. The van der Waals surface area contributed by atoms with Crippen molar-refractivity contribution >= 4 is 28.4 Å². The summed E-state index contributed by atoms with van der Waals surface area (Å²) in [6.45, 7) is 2.58. The number of aromatic nitrogens is 2. The number of benzene rings is 2. The summed E-state index contributed by atoms with van der Waals surface area (Å²) < 4.78 is 15.0. The molecule has 0 saturated carbocycles. The fourth-order valence-electron chi connectivity index (χ4n) is 2.75. The number of rotatable bonds is 5. The predicted octanol–water partition coefficient (Wildman–Crippen LogP) is 3.18. The van der Waals surface area contributed by atoms with Crippen LogP contribution in [0.4, 0.5) is 4.39 Å². The molecule has 26 heavy (non-hydrogen) atoms. The van der Waals surface area contributed by atoms with Crippen molar-refractivity contribution in [3.05, 3.63) is 74.8 Å². The van der Waals surface area contributed by atoms with Crippen LogP contribution in [-0.2, 0) is 13.0 Å². The summed E-state index contributed by atoms with van der Waals surface area (Å²) in [6.07, 6.45) is 0.523. The van der Waals surface area contributed by atoms with E-state index in [2.05, 4.69) is 10.4 Å². The lowest BCUT2D eigenvalue weighted by Gasteiger charge is -2.11. The molecule has 0 fully saturated rings. The van der Waals surface area contributed by atoms with Crippen molar-refractivity contribution in [2.45, 2.75) is 19.9 Å². The Hall–Kier alpha value is -2.73. The highest BCUT2D eigenvalue weighted by atomic mass is 35.5. The van der Waals surface area contributed by atoms with E-state index in [1.165, 1.54) is 16.8 Å². The van der Waals surface area contributed by atoms with Gasteiger partial charge < -0.3 is 5.32 Å². The van der Waals surface area contributed by atoms with Crippen molar-refractivity contribution in [1.29, 1.82) is 0 Å². The summed E-state index contributed by atoms with van der Waals surface area (Å²) in [4.78, 5) is 25.0. The molecule has 5 nitrogen and oxygen atoms in total. The molecular formula is C19H17ClFN3O2. The standard InChI is InChI=1S/C19H17ClFN3O2/c1-2-24-16-8-7-13(21)11-14(16)18(25)17(23-24)19(26)22-10-9-12-5-3-4-6-15(12)20/h3-8,11H,2,9-10H2,1H3,(H,22,26). The Labute approximate surface area is 154 Å². The third-order valence-corrected chi connectivity index (χ3v) is 4.44. The number of nitrogens with one attached hydrogen (secondary N) is 1. The van der Waals surface area contributed by atoms with Crippen LogP contribution in [0.1, 0.15) is 23.0 Å². The summed E-state index contributed by atoms with van der Waals surface area (Å²) in [5, 5.41) is 7.57. The van der Waals surface area contributed by atoms with Crippen LogP contribution in [0.25, 0.3) is 10.9 Å². The second-order valence-electron chi connectivity index (χ2n) is 5.75. The van der Waals surface area contributed by atoms with E-state index in [9.17, 15) is 14.0 Å². The van der Waals surface area contributed by atoms with Gasteiger partial charge in [0.2, 0.25) is 5.43 Å². The van der Waals surface area contributed by atoms with Crippen LogP contribution in [-0.4, -0.2) is 22.2 Å². The molecule has 2 aromatic carbocycles. The van der Waals surface area contributed by atoms with Crippen LogP contribution < -0.4 is 10.7 Å². The molecular weight excluding hydrogens is 357 g/mol. The summed E-state index contributed by atoms with van der Waals surface area (Å²) in [5.41, 5.74) is 0.559. The Bertz CT molecular complexity index is 1030. The van der Waals surface area contributed by atoms with Crippen LogP contribution in [0, 0.1) is 5.82 Å². The fourth-order valence-corrected chi connectivity index (χ4v) is 2.98. The predicted molar refractivity (Wildman–Crippen MR) is 99.1 cm³/mol. The molecule has 3 rings (SSSR count). The largest absolute Gasteiger partial charge is 0.350 e. The minimum absolute atomic E-state index is 0.137. The van der Waals surface area contributed by atoms with Crippen LogP contribution in [0.2, 0.25) is 5.02 Å². The molecule has 1 heterocycles. The lowest BCUT2D eigenvalue weighted by molar-refractivity contribution is 0.0946. The quantitative estimate of drug-likeness (QED) is 0.747. The van der Waals surface area contributed by atoms with Gasteiger partial charge in [-0.3, -0.25) is 14.3 Å². The van der Waals surface area contributed by atoms with Gasteiger partial charge in [-0.15, -0.1) is 0 Å². The number of fused-ring (bicyclic) bond motifs is 1. The van der Waals surface area contributed by atoms with Gasteiger partial charge >= 0.3 is 0 Å². The second-order valence-corrected chi connectivity index (χ2v) is 6.16. The highest BCUT2D eigenvalue weighted by molar-refractivity contribution is 6.31. The fraction of sp³-hybridized carbons (Fsp3) is 0.211. The van der Waals surface area contributed by atoms with Crippen molar-refractivity contribution in [2.75, 3.05) is 6.54 Å². The van der Waals surface area contributed by atoms with Gasteiger partial charge in [0.25, 0.3) is 5.91 Å². The SMILES string of the molecule is CCn1nc(C(=O)NCCc2ccccc2Cl)c(=O)c2cc(F)ccc21. The minimum atomic E-state index is -0.588. The van der Waals surface area contributed by atoms with E-state index in [1.54, 1.807) is 6.07 Å². The number of hydrogen-bond donors (Lipinski definition) is 1. The van der Waals surface area contributed by atoms with Crippen LogP contribution in [0.3, 0.4) is 0 Å².